The third kappa shape index (κ3) is 5.42. The second-order valence-corrected chi connectivity index (χ2v) is 8.56. The number of rotatable bonds is 5. The van der Waals surface area contributed by atoms with E-state index in [1.54, 1.807) is 11.3 Å². The van der Waals surface area contributed by atoms with Gasteiger partial charge in [0.15, 0.2) is 5.96 Å². The number of carbonyl (C=O) groups is 1. The van der Waals surface area contributed by atoms with Crippen LogP contribution in [0.1, 0.15) is 35.3 Å². The molecule has 0 aliphatic carbocycles. The van der Waals surface area contributed by atoms with Crippen LogP contribution in [0, 0.1) is 13.8 Å². The zero-order valence-corrected chi connectivity index (χ0v) is 17.6. The number of piperazine rings is 1. The largest absolute Gasteiger partial charge is 0.357 e. The normalized spacial score (nSPS) is 19.0. The fourth-order valence-corrected chi connectivity index (χ4v) is 4.41. The van der Waals surface area contributed by atoms with Gasteiger partial charge in [0.05, 0.1) is 18.8 Å². The van der Waals surface area contributed by atoms with E-state index in [0.717, 1.165) is 75.3 Å². The van der Waals surface area contributed by atoms with Crippen molar-refractivity contribution in [2.75, 3.05) is 52.4 Å². The molecule has 0 spiro atoms. The van der Waals surface area contributed by atoms with Crippen molar-refractivity contribution >= 4 is 23.2 Å². The van der Waals surface area contributed by atoms with Gasteiger partial charge in [0.1, 0.15) is 5.01 Å². The zero-order valence-electron chi connectivity index (χ0n) is 16.8. The molecule has 8 heteroatoms. The van der Waals surface area contributed by atoms with Gasteiger partial charge in [-0.3, -0.25) is 9.69 Å². The predicted octanol–water partition coefficient (Wildman–Crippen LogP) is 1.47. The van der Waals surface area contributed by atoms with E-state index in [1.807, 2.05) is 11.8 Å². The molecule has 2 aliphatic heterocycles. The van der Waals surface area contributed by atoms with Gasteiger partial charge in [0, 0.05) is 50.7 Å². The van der Waals surface area contributed by atoms with Crippen molar-refractivity contribution in [2.24, 2.45) is 4.99 Å². The number of hydrogen-bond acceptors (Lipinski definition) is 5. The average Bonchev–Trinajstić information content (AvgIpc) is 3.30. The first-order valence-electron chi connectivity index (χ1n) is 10.0. The van der Waals surface area contributed by atoms with Crippen LogP contribution in [0.4, 0.5) is 0 Å². The third-order valence-corrected chi connectivity index (χ3v) is 6.32. The summed E-state index contributed by atoms with van der Waals surface area (Å²) in [4.78, 5) is 29.6. The highest BCUT2D eigenvalue weighted by atomic mass is 32.1. The maximum absolute atomic E-state index is 12.3. The van der Waals surface area contributed by atoms with E-state index in [0.29, 0.717) is 13.1 Å². The number of nitrogens with zero attached hydrogens (tertiary/aromatic N) is 5. The highest BCUT2D eigenvalue weighted by molar-refractivity contribution is 7.11. The topological polar surface area (TPSA) is 64.1 Å². The minimum Gasteiger partial charge on any atom is -0.357 e. The molecule has 2 saturated heterocycles. The lowest BCUT2D eigenvalue weighted by molar-refractivity contribution is -0.131. The van der Waals surface area contributed by atoms with Crippen molar-refractivity contribution in [2.45, 2.75) is 40.2 Å². The number of guanidine groups is 1. The fourth-order valence-electron chi connectivity index (χ4n) is 3.55. The number of amides is 1. The molecule has 0 atom stereocenters. The van der Waals surface area contributed by atoms with Gasteiger partial charge in [0.25, 0.3) is 0 Å². The molecular weight excluding hydrogens is 360 g/mol. The van der Waals surface area contributed by atoms with Crippen LogP contribution in [0.3, 0.4) is 0 Å². The van der Waals surface area contributed by atoms with Gasteiger partial charge >= 0.3 is 0 Å². The van der Waals surface area contributed by atoms with Gasteiger partial charge < -0.3 is 15.1 Å². The van der Waals surface area contributed by atoms with Crippen molar-refractivity contribution in [1.82, 2.24) is 25.0 Å². The van der Waals surface area contributed by atoms with Gasteiger partial charge in [-0.05, 0) is 33.6 Å². The average molecular weight is 393 g/mol. The first kappa shape index (κ1) is 20.1. The lowest BCUT2D eigenvalue weighted by atomic mass is 10.3. The Balaban J connectivity index is 1.51. The molecule has 0 aromatic carbocycles. The summed E-state index contributed by atoms with van der Waals surface area (Å²) in [5.41, 5.74) is 1.10. The molecule has 150 valence electrons. The molecule has 27 heavy (non-hydrogen) atoms. The second-order valence-electron chi connectivity index (χ2n) is 7.27. The van der Waals surface area contributed by atoms with Crippen molar-refractivity contribution in [3.8, 4) is 0 Å². The van der Waals surface area contributed by atoms with E-state index in [4.69, 9.17) is 4.99 Å². The Hall–Kier alpha value is -1.67. The molecule has 7 nitrogen and oxygen atoms in total. The van der Waals surface area contributed by atoms with E-state index >= 15 is 0 Å². The quantitative estimate of drug-likeness (QED) is 0.607. The molecule has 1 aromatic heterocycles. The number of carbonyl (C=O) groups excluding carboxylic acids is 1. The van der Waals surface area contributed by atoms with Crippen LogP contribution < -0.4 is 5.32 Å². The summed E-state index contributed by atoms with van der Waals surface area (Å²) < 4.78 is 0. The summed E-state index contributed by atoms with van der Waals surface area (Å²) in [6.07, 6.45) is 2.31. The predicted molar refractivity (Wildman–Crippen MR) is 110 cm³/mol. The minimum atomic E-state index is 0.288. The standard InChI is InChI=1S/C19H32N6OS/c1-4-20-19(21-13-17-22-15(2)16(3)27-17)25-11-9-23(10-12-25)14-18(26)24-7-5-6-8-24/h4-14H2,1-3H3,(H,20,21). The van der Waals surface area contributed by atoms with Crippen LogP contribution in [0.15, 0.2) is 4.99 Å². The van der Waals surface area contributed by atoms with Crippen LogP contribution >= 0.6 is 11.3 Å². The Kier molecular flexibility index (Phi) is 7.07. The van der Waals surface area contributed by atoms with Crippen molar-refractivity contribution in [3.63, 3.8) is 0 Å². The van der Waals surface area contributed by atoms with E-state index in [2.05, 4.69) is 33.9 Å². The van der Waals surface area contributed by atoms with Crippen molar-refractivity contribution < 1.29 is 4.79 Å². The smallest absolute Gasteiger partial charge is 0.236 e. The van der Waals surface area contributed by atoms with Crippen LogP contribution in [0.25, 0.3) is 0 Å². The molecule has 0 unspecified atom stereocenters. The maximum atomic E-state index is 12.3. The molecule has 1 amide bonds. The van der Waals surface area contributed by atoms with Crippen LogP contribution in [-0.2, 0) is 11.3 Å². The van der Waals surface area contributed by atoms with Crippen LogP contribution in [0.2, 0.25) is 0 Å². The molecule has 2 aliphatic rings. The monoisotopic (exact) mass is 392 g/mol. The lowest BCUT2D eigenvalue weighted by Gasteiger charge is -2.36. The summed E-state index contributed by atoms with van der Waals surface area (Å²) in [7, 11) is 0. The molecule has 2 fully saturated rings. The summed E-state index contributed by atoms with van der Waals surface area (Å²) >= 11 is 1.73. The maximum Gasteiger partial charge on any atom is 0.236 e. The van der Waals surface area contributed by atoms with Crippen molar-refractivity contribution in [3.05, 3.63) is 15.6 Å². The number of nitrogens with one attached hydrogen (secondary N) is 1. The molecule has 0 saturated carbocycles. The van der Waals surface area contributed by atoms with Gasteiger partial charge in [-0.2, -0.15) is 0 Å². The summed E-state index contributed by atoms with van der Waals surface area (Å²) in [6, 6.07) is 0. The number of aliphatic imine (C=N–C) groups is 1. The Labute approximate surface area is 166 Å². The molecule has 1 N–H and O–H groups in total. The van der Waals surface area contributed by atoms with Crippen LogP contribution in [-0.4, -0.2) is 83.9 Å². The van der Waals surface area contributed by atoms with Crippen LogP contribution in [0.5, 0.6) is 0 Å². The summed E-state index contributed by atoms with van der Waals surface area (Å²) in [6.45, 7) is 13.7. The molecule has 3 rings (SSSR count). The number of hydrogen-bond donors (Lipinski definition) is 1. The Morgan fingerprint density at radius 2 is 1.81 bits per heavy atom. The molecule has 0 bridgehead atoms. The van der Waals surface area contributed by atoms with Crippen molar-refractivity contribution in [1.29, 1.82) is 0 Å². The highest BCUT2D eigenvalue weighted by Gasteiger charge is 2.24. The fraction of sp³-hybridized carbons (Fsp3) is 0.737. The molecule has 0 radical (unpaired) electrons. The first-order chi connectivity index (χ1) is 13.1. The zero-order chi connectivity index (χ0) is 19.2. The number of aryl methyl sites for hydroxylation is 2. The van der Waals surface area contributed by atoms with E-state index in [9.17, 15) is 4.79 Å². The Bertz CT molecular complexity index is 640. The molecule has 1 aromatic rings. The minimum absolute atomic E-state index is 0.288. The van der Waals surface area contributed by atoms with Gasteiger partial charge in [-0.1, -0.05) is 0 Å². The highest BCUT2D eigenvalue weighted by Crippen LogP contribution is 2.17. The molecular formula is C19H32N6OS. The second kappa shape index (κ2) is 9.50. The van der Waals surface area contributed by atoms with E-state index in [1.165, 1.54) is 4.88 Å². The number of likely N-dealkylation sites (tertiary alicyclic amines) is 1. The lowest BCUT2D eigenvalue weighted by Crippen LogP contribution is -2.54. The van der Waals surface area contributed by atoms with Gasteiger partial charge in [0.2, 0.25) is 5.91 Å². The van der Waals surface area contributed by atoms with Gasteiger partial charge in [-0.15, -0.1) is 11.3 Å². The molecule has 3 heterocycles. The Morgan fingerprint density at radius 1 is 1.11 bits per heavy atom. The first-order valence-corrected chi connectivity index (χ1v) is 10.8. The van der Waals surface area contributed by atoms with Gasteiger partial charge in [-0.25, -0.2) is 9.98 Å². The van der Waals surface area contributed by atoms with E-state index in [-0.39, 0.29) is 5.91 Å². The SMILES string of the molecule is CCNC(=NCc1nc(C)c(C)s1)N1CCN(CC(=O)N2CCCC2)CC1. The summed E-state index contributed by atoms with van der Waals surface area (Å²) in [5.74, 6) is 1.24. The third-order valence-electron chi connectivity index (χ3n) is 5.26. The Morgan fingerprint density at radius 3 is 2.41 bits per heavy atom. The number of thiazole rings is 1. The number of aromatic nitrogens is 1. The summed E-state index contributed by atoms with van der Waals surface area (Å²) in [5, 5.41) is 4.47. The van der Waals surface area contributed by atoms with E-state index < -0.39 is 0 Å².